The van der Waals surface area contributed by atoms with E-state index in [1.165, 1.54) is 0 Å². The van der Waals surface area contributed by atoms with Crippen LogP contribution in [0.15, 0.2) is 66.9 Å². The average Bonchev–Trinajstić information content (AvgIpc) is 2.83. The van der Waals surface area contributed by atoms with Gasteiger partial charge in [0, 0.05) is 37.9 Å². The molecule has 0 aliphatic carbocycles. The predicted molar refractivity (Wildman–Crippen MR) is 118 cm³/mol. The Kier molecular flexibility index (Phi) is 6.21. The van der Waals surface area contributed by atoms with E-state index in [-0.39, 0.29) is 12.5 Å². The zero-order valence-corrected chi connectivity index (χ0v) is 17.4. The Morgan fingerprint density at radius 1 is 0.935 bits per heavy atom. The molecule has 1 fully saturated rings. The number of amides is 1. The van der Waals surface area contributed by atoms with Crippen LogP contribution in [0.5, 0.6) is 0 Å². The second-order valence-corrected chi connectivity index (χ2v) is 7.33. The summed E-state index contributed by atoms with van der Waals surface area (Å²) in [6.07, 6.45) is 1.76. The second-order valence-electron chi connectivity index (χ2n) is 7.33. The van der Waals surface area contributed by atoms with Crippen molar-refractivity contribution >= 4 is 17.7 Å². The minimum Gasteiger partial charge on any atom is -0.452 e. The minimum absolute atomic E-state index is 0.194. The summed E-state index contributed by atoms with van der Waals surface area (Å²) in [6.45, 7) is 4.02. The monoisotopic (exact) mass is 416 g/mol. The van der Waals surface area contributed by atoms with E-state index < -0.39 is 5.97 Å². The van der Waals surface area contributed by atoms with E-state index in [9.17, 15) is 9.59 Å². The van der Waals surface area contributed by atoms with Crippen LogP contribution in [-0.2, 0) is 9.53 Å². The van der Waals surface area contributed by atoms with Gasteiger partial charge in [-0.25, -0.2) is 9.78 Å². The summed E-state index contributed by atoms with van der Waals surface area (Å²) in [4.78, 5) is 37.7. The van der Waals surface area contributed by atoms with Gasteiger partial charge in [-0.1, -0.05) is 36.4 Å². The molecule has 1 aliphatic heterocycles. The number of pyridine rings is 2. The van der Waals surface area contributed by atoms with Crippen molar-refractivity contribution in [2.24, 2.45) is 0 Å². The lowest BCUT2D eigenvalue weighted by atomic mass is 10.1. The van der Waals surface area contributed by atoms with E-state index in [4.69, 9.17) is 4.74 Å². The Bertz CT molecular complexity index is 1050. The summed E-state index contributed by atoms with van der Waals surface area (Å²) in [6, 6.07) is 19.0. The van der Waals surface area contributed by atoms with Gasteiger partial charge < -0.3 is 14.5 Å². The SMILES string of the molecule is Cc1nc(-c2ccccc2)ccc1C(=O)OCC(=O)N1CCN(c2ccccn2)CC1. The zero-order chi connectivity index (χ0) is 21.6. The topological polar surface area (TPSA) is 75.6 Å². The fourth-order valence-electron chi connectivity index (χ4n) is 3.57. The van der Waals surface area contributed by atoms with Gasteiger partial charge in [-0.2, -0.15) is 0 Å². The van der Waals surface area contributed by atoms with Crippen LogP contribution in [0.25, 0.3) is 11.3 Å². The highest BCUT2D eigenvalue weighted by atomic mass is 16.5. The molecule has 0 saturated carbocycles. The molecule has 7 heteroatoms. The van der Waals surface area contributed by atoms with Gasteiger partial charge in [0.25, 0.3) is 5.91 Å². The maximum Gasteiger partial charge on any atom is 0.340 e. The third kappa shape index (κ3) is 4.88. The molecule has 1 saturated heterocycles. The lowest BCUT2D eigenvalue weighted by Gasteiger charge is -2.35. The molecule has 0 bridgehead atoms. The van der Waals surface area contributed by atoms with Crippen molar-refractivity contribution in [1.82, 2.24) is 14.9 Å². The summed E-state index contributed by atoms with van der Waals surface area (Å²) < 4.78 is 5.28. The first kappa shape index (κ1) is 20.5. The van der Waals surface area contributed by atoms with Crippen molar-refractivity contribution in [2.75, 3.05) is 37.7 Å². The summed E-state index contributed by atoms with van der Waals surface area (Å²) in [5.74, 6) is 0.175. The summed E-state index contributed by atoms with van der Waals surface area (Å²) in [5, 5.41) is 0. The van der Waals surface area contributed by atoms with Crippen LogP contribution in [-0.4, -0.2) is 59.5 Å². The number of rotatable bonds is 5. The number of aryl methyl sites for hydroxylation is 1. The fourth-order valence-corrected chi connectivity index (χ4v) is 3.57. The number of carbonyl (C=O) groups excluding carboxylic acids is 2. The molecule has 4 rings (SSSR count). The normalized spacial score (nSPS) is 13.7. The molecule has 0 spiro atoms. The molecular weight excluding hydrogens is 392 g/mol. The Balaban J connectivity index is 1.30. The molecule has 158 valence electrons. The molecular formula is C24H24N4O3. The van der Waals surface area contributed by atoms with Crippen molar-refractivity contribution in [1.29, 1.82) is 0 Å². The van der Waals surface area contributed by atoms with E-state index in [0.29, 0.717) is 37.4 Å². The summed E-state index contributed by atoms with van der Waals surface area (Å²) in [7, 11) is 0. The lowest BCUT2D eigenvalue weighted by molar-refractivity contribution is -0.134. The van der Waals surface area contributed by atoms with Gasteiger partial charge in [0.1, 0.15) is 5.82 Å². The first-order chi connectivity index (χ1) is 15.1. The molecule has 7 nitrogen and oxygen atoms in total. The number of hydrogen-bond donors (Lipinski definition) is 0. The molecule has 0 atom stereocenters. The highest BCUT2D eigenvalue weighted by Crippen LogP contribution is 2.19. The van der Waals surface area contributed by atoms with E-state index in [1.54, 1.807) is 30.2 Å². The van der Waals surface area contributed by atoms with E-state index in [2.05, 4.69) is 14.9 Å². The number of esters is 1. The standard InChI is InChI=1S/C24H24N4O3/c1-18-20(10-11-21(26-18)19-7-3-2-4-8-19)24(30)31-17-23(29)28-15-13-27(14-16-28)22-9-5-6-12-25-22/h2-12H,13-17H2,1H3. The van der Waals surface area contributed by atoms with Crippen LogP contribution in [0.2, 0.25) is 0 Å². The number of ether oxygens (including phenoxy) is 1. The molecule has 0 radical (unpaired) electrons. The zero-order valence-electron chi connectivity index (χ0n) is 17.4. The van der Waals surface area contributed by atoms with Gasteiger partial charge in [-0.3, -0.25) is 9.78 Å². The maximum atomic E-state index is 12.5. The van der Waals surface area contributed by atoms with E-state index in [0.717, 1.165) is 17.1 Å². The van der Waals surface area contributed by atoms with Crippen molar-refractivity contribution < 1.29 is 14.3 Å². The molecule has 31 heavy (non-hydrogen) atoms. The van der Waals surface area contributed by atoms with Crippen molar-refractivity contribution in [3.63, 3.8) is 0 Å². The van der Waals surface area contributed by atoms with E-state index in [1.807, 2.05) is 48.5 Å². The lowest BCUT2D eigenvalue weighted by Crippen LogP contribution is -2.50. The summed E-state index contributed by atoms with van der Waals surface area (Å²) >= 11 is 0. The number of carbonyl (C=O) groups is 2. The van der Waals surface area contributed by atoms with Crippen LogP contribution in [0, 0.1) is 6.92 Å². The molecule has 1 amide bonds. The van der Waals surface area contributed by atoms with Crippen LogP contribution < -0.4 is 4.90 Å². The third-order valence-corrected chi connectivity index (χ3v) is 5.31. The molecule has 3 heterocycles. The van der Waals surface area contributed by atoms with Gasteiger partial charge in [-0.05, 0) is 31.2 Å². The van der Waals surface area contributed by atoms with Crippen molar-refractivity contribution in [3.05, 3.63) is 78.1 Å². The highest BCUT2D eigenvalue weighted by molar-refractivity contribution is 5.92. The molecule has 0 N–H and O–H groups in total. The predicted octanol–water partition coefficient (Wildman–Crippen LogP) is 2.96. The van der Waals surface area contributed by atoms with E-state index >= 15 is 0 Å². The van der Waals surface area contributed by atoms with Crippen molar-refractivity contribution in [2.45, 2.75) is 6.92 Å². The number of nitrogens with zero attached hydrogens (tertiary/aromatic N) is 4. The van der Waals surface area contributed by atoms with Crippen molar-refractivity contribution in [3.8, 4) is 11.3 Å². The number of benzene rings is 1. The summed E-state index contributed by atoms with van der Waals surface area (Å²) in [5.41, 5.74) is 2.71. The minimum atomic E-state index is -0.537. The third-order valence-electron chi connectivity index (χ3n) is 5.31. The van der Waals surface area contributed by atoms with Gasteiger partial charge in [-0.15, -0.1) is 0 Å². The van der Waals surface area contributed by atoms with Gasteiger partial charge >= 0.3 is 5.97 Å². The molecule has 1 aromatic carbocycles. The Morgan fingerprint density at radius 2 is 1.68 bits per heavy atom. The fraction of sp³-hybridized carbons (Fsp3) is 0.250. The van der Waals surface area contributed by atoms with Crippen LogP contribution in [0.3, 0.4) is 0 Å². The van der Waals surface area contributed by atoms with Crippen LogP contribution >= 0.6 is 0 Å². The molecule has 0 unspecified atom stereocenters. The molecule has 2 aromatic heterocycles. The average molecular weight is 416 g/mol. The Labute approximate surface area is 181 Å². The Hall–Kier alpha value is -3.74. The number of aromatic nitrogens is 2. The van der Waals surface area contributed by atoms with Crippen LogP contribution in [0.1, 0.15) is 16.1 Å². The van der Waals surface area contributed by atoms with Crippen LogP contribution in [0.4, 0.5) is 5.82 Å². The van der Waals surface area contributed by atoms with Gasteiger partial charge in [0.15, 0.2) is 6.61 Å². The van der Waals surface area contributed by atoms with Gasteiger partial charge in [0.2, 0.25) is 0 Å². The Morgan fingerprint density at radius 3 is 2.35 bits per heavy atom. The maximum absolute atomic E-state index is 12.5. The quantitative estimate of drug-likeness (QED) is 0.596. The number of piperazine rings is 1. The van der Waals surface area contributed by atoms with Gasteiger partial charge in [0.05, 0.1) is 17.0 Å². The number of hydrogen-bond acceptors (Lipinski definition) is 6. The largest absolute Gasteiger partial charge is 0.452 e. The first-order valence-electron chi connectivity index (χ1n) is 10.3. The molecule has 3 aromatic rings. The molecule has 1 aliphatic rings. The second kappa shape index (κ2) is 9.38. The smallest absolute Gasteiger partial charge is 0.340 e. The number of anilines is 1. The first-order valence-corrected chi connectivity index (χ1v) is 10.3. The highest BCUT2D eigenvalue weighted by Gasteiger charge is 2.23.